The van der Waals surface area contributed by atoms with Gasteiger partial charge >= 0.3 is 35.8 Å². The van der Waals surface area contributed by atoms with Crippen molar-refractivity contribution in [3.63, 3.8) is 0 Å². The zero-order valence-electron chi connectivity index (χ0n) is 36.1. The molecule has 1 N–H and O–H groups in total. The molecule has 330 valence electrons. The van der Waals surface area contributed by atoms with Gasteiger partial charge in [-0.25, -0.2) is 9.59 Å². The summed E-state index contributed by atoms with van der Waals surface area (Å²) in [6.07, 6.45) is 3.01. The van der Waals surface area contributed by atoms with Crippen molar-refractivity contribution in [1.82, 2.24) is 0 Å². The van der Waals surface area contributed by atoms with E-state index in [9.17, 15) is 33.9 Å². The first-order valence-corrected chi connectivity index (χ1v) is 21.1. The van der Waals surface area contributed by atoms with Crippen LogP contribution >= 0.6 is 0 Å². The number of carboxylic acids is 1. The third-order valence-electron chi connectivity index (χ3n) is 15.5. The number of aliphatic carboxylic acids is 1. The second-order valence-electron chi connectivity index (χ2n) is 19.0. The van der Waals surface area contributed by atoms with Crippen molar-refractivity contribution < 1.29 is 67.0 Å². The number of hydrogen-bond acceptors (Lipinski definition) is 13. The van der Waals surface area contributed by atoms with Gasteiger partial charge in [0.15, 0.2) is 12.2 Å². The van der Waals surface area contributed by atoms with Crippen LogP contribution in [0.1, 0.15) is 105 Å². The molecule has 4 aliphatic carbocycles. The predicted octanol–water partition coefficient (Wildman–Crippen LogP) is 6.03. The van der Waals surface area contributed by atoms with Crippen molar-refractivity contribution in [1.29, 1.82) is 0 Å². The maximum Gasteiger partial charge on any atom is 0.335 e. The lowest BCUT2D eigenvalue weighted by molar-refractivity contribution is -0.185. The van der Waals surface area contributed by atoms with E-state index in [0.717, 1.165) is 56.1 Å². The van der Waals surface area contributed by atoms with Gasteiger partial charge in [0.05, 0.1) is 60.6 Å². The summed E-state index contributed by atoms with van der Waals surface area (Å²) in [4.78, 5) is 80.5. The molecule has 0 amide bonds. The Morgan fingerprint density at radius 3 is 1.44 bits per heavy atom. The van der Waals surface area contributed by atoms with Crippen LogP contribution in [0.3, 0.4) is 0 Å². The molecule has 0 aromatic carbocycles. The Labute approximate surface area is 348 Å². The molecule has 8 bridgehead atoms. The van der Waals surface area contributed by atoms with Gasteiger partial charge in [0.25, 0.3) is 0 Å². The highest BCUT2D eigenvalue weighted by atomic mass is 16.6. The molecule has 1 aliphatic heterocycles. The Bertz CT molecular complexity index is 1660. The quantitative estimate of drug-likeness (QED) is 0.186. The molecule has 1 heterocycles. The van der Waals surface area contributed by atoms with Crippen LogP contribution in [0.2, 0.25) is 0 Å². The summed E-state index contributed by atoms with van der Waals surface area (Å²) in [5.74, 6) is -8.80. The van der Waals surface area contributed by atoms with Crippen LogP contribution in [0.15, 0.2) is 24.3 Å². The van der Waals surface area contributed by atoms with E-state index in [1.165, 1.54) is 21.3 Å². The molecule has 14 heteroatoms. The minimum Gasteiger partial charge on any atom is -0.481 e. The van der Waals surface area contributed by atoms with E-state index < -0.39 is 94.4 Å². The molecule has 0 aromatic heterocycles. The Balaban J connectivity index is 1.59. The lowest BCUT2D eigenvalue weighted by atomic mass is 9.47. The SMILES string of the molecule is C=C1CCC2C3(C)CCCC2(C)C1COC(C(=O)OC)C(CC(=O)O)C(=O)OCC1(C)CCCC2(C)C(COC(C(=O)OC)C(CC(=O)OC)C(=O)OC3)C(=C)CCC12. The summed E-state index contributed by atoms with van der Waals surface area (Å²) in [6, 6.07) is 0. The van der Waals surface area contributed by atoms with Gasteiger partial charge in [0.1, 0.15) is 11.8 Å². The average Bonchev–Trinajstić information content (AvgIpc) is 3.18. The van der Waals surface area contributed by atoms with E-state index in [1.807, 2.05) is 0 Å². The van der Waals surface area contributed by atoms with E-state index in [4.69, 9.17) is 33.2 Å². The van der Waals surface area contributed by atoms with Crippen molar-refractivity contribution >= 4 is 35.8 Å². The fourth-order valence-corrected chi connectivity index (χ4v) is 12.2. The van der Waals surface area contributed by atoms with Crippen LogP contribution in [-0.2, 0) is 61.9 Å². The highest BCUT2D eigenvalue weighted by Gasteiger charge is 2.58. The molecular formula is C45H66O14. The van der Waals surface area contributed by atoms with Crippen molar-refractivity contribution in [3.8, 4) is 0 Å². The van der Waals surface area contributed by atoms with Crippen LogP contribution in [0, 0.1) is 57.2 Å². The highest BCUT2D eigenvalue weighted by Crippen LogP contribution is 2.62. The molecule has 4 saturated carbocycles. The van der Waals surface area contributed by atoms with Crippen molar-refractivity contribution in [3.05, 3.63) is 24.3 Å². The van der Waals surface area contributed by atoms with Crippen LogP contribution in [0.4, 0.5) is 0 Å². The number of esters is 5. The van der Waals surface area contributed by atoms with Crippen LogP contribution < -0.4 is 0 Å². The van der Waals surface area contributed by atoms with Crippen molar-refractivity contribution in [2.24, 2.45) is 57.2 Å². The van der Waals surface area contributed by atoms with Gasteiger partial charge in [-0.15, -0.1) is 0 Å². The first-order chi connectivity index (χ1) is 27.8. The molecule has 12 unspecified atom stereocenters. The summed E-state index contributed by atoms with van der Waals surface area (Å²) in [5, 5.41) is 10.0. The summed E-state index contributed by atoms with van der Waals surface area (Å²) in [6.45, 7) is 17.1. The van der Waals surface area contributed by atoms with Gasteiger partial charge in [0.2, 0.25) is 0 Å². The molecule has 12 atom stereocenters. The maximum absolute atomic E-state index is 14.3. The topological polar surface area (TPSA) is 187 Å². The largest absolute Gasteiger partial charge is 0.481 e. The van der Waals surface area contributed by atoms with E-state index in [0.29, 0.717) is 19.3 Å². The molecule has 59 heavy (non-hydrogen) atoms. The Kier molecular flexibility index (Phi) is 14.5. The first-order valence-electron chi connectivity index (χ1n) is 21.1. The highest BCUT2D eigenvalue weighted by molar-refractivity contribution is 5.88. The number of cyclic esters (lactones) is 2. The lowest BCUT2D eigenvalue weighted by Gasteiger charge is -2.58. The van der Waals surface area contributed by atoms with Crippen molar-refractivity contribution in [2.75, 3.05) is 47.8 Å². The first kappa shape index (κ1) is 46.3. The van der Waals surface area contributed by atoms with Crippen LogP contribution in [-0.4, -0.2) is 101 Å². The number of carbonyl (C=O) groups excluding carboxylic acids is 5. The van der Waals surface area contributed by atoms with Gasteiger partial charge in [-0.2, -0.15) is 0 Å². The Morgan fingerprint density at radius 1 is 0.661 bits per heavy atom. The third-order valence-corrected chi connectivity index (χ3v) is 15.5. The van der Waals surface area contributed by atoms with Gasteiger partial charge in [-0.05, 0) is 74.0 Å². The zero-order chi connectivity index (χ0) is 43.5. The van der Waals surface area contributed by atoms with E-state index in [2.05, 4.69) is 40.9 Å². The van der Waals surface area contributed by atoms with Gasteiger partial charge in [-0.1, -0.05) is 64.8 Å². The predicted molar refractivity (Wildman–Crippen MR) is 212 cm³/mol. The summed E-state index contributed by atoms with van der Waals surface area (Å²) < 4.78 is 40.3. The van der Waals surface area contributed by atoms with E-state index in [-0.39, 0.29) is 50.1 Å². The number of hydrogen-bond donors (Lipinski definition) is 1. The van der Waals surface area contributed by atoms with Gasteiger partial charge < -0.3 is 38.3 Å². The monoisotopic (exact) mass is 830 g/mol. The molecule has 0 aromatic rings. The third kappa shape index (κ3) is 9.28. The fraction of sp³-hybridized carbons (Fsp3) is 0.778. The summed E-state index contributed by atoms with van der Waals surface area (Å²) >= 11 is 0. The number of rotatable bonds is 6. The van der Waals surface area contributed by atoms with E-state index in [1.54, 1.807) is 0 Å². The molecule has 1 saturated heterocycles. The minimum atomic E-state index is -1.55. The Morgan fingerprint density at radius 2 is 1.07 bits per heavy atom. The molecule has 14 nitrogen and oxygen atoms in total. The normalized spacial score (nSPS) is 39.8. The minimum absolute atomic E-state index is 0.00528. The molecular weight excluding hydrogens is 764 g/mol. The van der Waals surface area contributed by atoms with E-state index >= 15 is 0 Å². The number of ether oxygens (including phenoxy) is 7. The number of carbonyl (C=O) groups is 6. The van der Waals surface area contributed by atoms with Crippen molar-refractivity contribution in [2.45, 2.75) is 117 Å². The zero-order valence-corrected chi connectivity index (χ0v) is 36.1. The number of methoxy groups -OCH3 is 3. The second-order valence-corrected chi connectivity index (χ2v) is 19.0. The molecule has 0 spiro atoms. The fourth-order valence-electron chi connectivity index (χ4n) is 12.2. The molecule has 5 fully saturated rings. The summed E-state index contributed by atoms with van der Waals surface area (Å²) in [5.41, 5.74) is -0.213. The van der Waals surface area contributed by atoms with Crippen LogP contribution in [0.5, 0.6) is 0 Å². The van der Waals surface area contributed by atoms with Gasteiger partial charge in [-0.3, -0.25) is 19.2 Å². The molecule has 5 rings (SSSR count). The standard InChI is InChI=1S/C45H66O14/c1-26-12-15-33-43(4)17-11-18-44(33,5)30(26)22-56-36(40(51)54-8)28(20-34(46)47)38(49)58-24-42(3)16-10-19-45(6)31(27(2)13-14-32(42)45)23-57-37(41(52)55-9)29(21-35(48)53-7)39(50)59-25-43/h28-33,36-37H,1-2,10-25H2,3-9H3,(H,46,47). The molecule has 5 aliphatic rings. The molecule has 0 radical (unpaired) electrons. The lowest BCUT2D eigenvalue weighted by Crippen LogP contribution is -2.55. The smallest absolute Gasteiger partial charge is 0.335 e. The van der Waals surface area contributed by atoms with Gasteiger partial charge in [0, 0.05) is 22.7 Å². The number of carboxylic acid groups (broad SMARTS) is 1. The average molecular weight is 831 g/mol. The van der Waals surface area contributed by atoms with Crippen LogP contribution in [0.25, 0.3) is 0 Å². The second kappa shape index (κ2) is 18.5. The Hall–Kier alpha value is -3.78. The maximum atomic E-state index is 14.3. The summed E-state index contributed by atoms with van der Waals surface area (Å²) in [7, 11) is 3.59.